The number of benzene rings is 1. The molecule has 3 rings (SSSR count). The number of carbonyl (C=O) groups is 1. The van der Waals surface area contributed by atoms with Gasteiger partial charge in [-0.2, -0.15) is 4.31 Å². The SMILES string of the molecule is CC1CC(NC(=O)c2cccc(S(=O)(=O)N3CC(C)OC(C)C3)c2)CCN1. The van der Waals surface area contributed by atoms with Crippen LogP contribution in [0.25, 0.3) is 0 Å². The lowest BCUT2D eigenvalue weighted by atomic mass is 10.0. The van der Waals surface area contributed by atoms with E-state index >= 15 is 0 Å². The number of piperidine rings is 1. The van der Waals surface area contributed by atoms with Crippen LogP contribution in [0.4, 0.5) is 0 Å². The Labute approximate surface area is 161 Å². The van der Waals surface area contributed by atoms with Crippen LogP contribution >= 0.6 is 0 Å². The van der Waals surface area contributed by atoms with Crippen LogP contribution in [0.3, 0.4) is 0 Å². The van der Waals surface area contributed by atoms with Crippen molar-refractivity contribution in [3.63, 3.8) is 0 Å². The molecule has 4 atom stereocenters. The molecule has 0 spiro atoms. The van der Waals surface area contributed by atoms with Gasteiger partial charge in [0.15, 0.2) is 0 Å². The maximum atomic E-state index is 13.0. The molecular formula is C19H29N3O4S. The van der Waals surface area contributed by atoms with Crippen molar-refractivity contribution in [3.05, 3.63) is 29.8 Å². The molecular weight excluding hydrogens is 366 g/mol. The lowest BCUT2D eigenvalue weighted by Gasteiger charge is -2.34. The minimum absolute atomic E-state index is 0.106. The number of nitrogens with one attached hydrogen (secondary N) is 2. The summed E-state index contributed by atoms with van der Waals surface area (Å²) >= 11 is 0. The highest BCUT2D eigenvalue weighted by Crippen LogP contribution is 2.22. The zero-order valence-corrected chi connectivity index (χ0v) is 17.0. The third-order valence-corrected chi connectivity index (χ3v) is 6.91. The van der Waals surface area contributed by atoms with Gasteiger partial charge < -0.3 is 15.4 Å². The summed E-state index contributed by atoms with van der Waals surface area (Å²) in [5.41, 5.74) is 0.372. The van der Waals surface area contributed by atoms with Gasteiger partial charge >= 0.3 is 0 Å². The molecule has 1 aromatic carbocycles. The minimum atomic E-state index is -3.66. The molecule has 8 heteroatoms. The summed E-state index contributed by atoms with van der Waals surface area (Å²) in [4.78, 5) is 12.8. The Kier molecular flexibility index (Phi) is 6.20. The molecule has 0 saturated carbocycles. The molecule has 2 heterocycles. The van der Waals surface area contributed by atoms with E-state index in [1.54, 1.807) is 18.2 Å². The second-order valence-electron chi connectivity index (χ2n) is 7.66. The molecule has 2 fully saturated rings. The van der Waals surface area contributed by atoms with Crippen molar-refractivity contribution < 1.29 is 17.9 Å². The Morgan fingerprint density at radius 2 is 1.93 bits per heavy atom. The van der Waals surface area contributed by atoms with Crippen molar-refractivity contribution in [1.82, 2.24) is 14.9 Å². The minimum Gasteiger partial charge on any atom is -0.373 e. The van der Waals surface area contributed by atoms with E-state index in [2.05, 4.69) is 17.6 Å². The van der Waals surface area contributed by atoms with E-state index in [0.717, 1.165) is 19.4 Å². The number of nitrogens with zero attached hydrogens (tertiary/aromatic N) is 1. The quantitative estimate of drug-likeness (QED) is 0.804. The molecule has 2 N–H and O–H groups in total. The third kappa shape index (κ3) is 4.87. The standard InChI is InChI=1S/C19H29N3O4S/c1-13-9-17(7-8-20-13)21-19(23)16-5-4-6-18(10-16)27(24,25)22-11-14(2)26-15(3)12-22/h4-6,10,13-15,17,20H,7-9,11-12H2,1-3H3,(H,21,23). The number of hydrogen-bond donors (Lipinski definition) is 2. The average molecular weight is 396 g/mol. The van der Waals surface area contributed by atoms with E-state index in [9.17, 15) is 13.2 Å². The number of morpholine rings is 1. The van der Waals surface area contributed by atoms with E-state index in [1.807, 2.05) is 13.8 Å². The zero-order valence-electron chi connectivity index (χ0n) is 16.1. The number of amides is 1. The molecule has 150 valence electrons. The van der Waals surface area contributed by atoms with Crippen molar-refractivity contribution in [2.45, 2.75) is 62.8 Å². The summed E-state index contributed by atoms with van der Waals surface area (Å²) in [6, 6.07) is 6.77. The second-order valence-corrected chi connectivity index (χ2v) is 9.60. The predicted molar refractivity (Wildman–Crippen MR) is 103 cm³/mol. The summed E-state index contributed by atoms with van der Waals surface area (Å²) in [6.45, 7) is 7.32. The van der Waals surface area contributed by atoms with Crippen LogP contribution in [0.5, 0.6) is 0 Å². The summed E-state index contributed by atoms with van der Waals surface area (Å²) in [5, 5.41) is 6.38. The maximum absolute atomic E-state index is 13.0. The third-order valence-electron chi connectivity index (χ3n) is 5.08. The molecule has 1 amide bonds. The number of sulfonamides is 1. The van der Waals surface area contributed by atoms with Gasteiger partial charge in [-0.1, -0.05) is 6.07 Å². The number of rotatable bonds is 4. The lowest BCUT2D eigenvalue weighted by molar-refractivity contribution is -0.0440. The number of carbonyl (C=O) groups excluding carboxylic acids is 1. The lowest BCUT2D eigenvalue weighted by Crippen LogP contribution is -2.48. The van der Waals surface area contributed by atoms with Crippen LogP contribution in [-0.2, 0) is 14.8 Å². The molecule has 0 aromatic heterocycles. The smallest absolute Gasteiger partial charge is 0.251 e. The Hall–Kier alpha value is -1.48. The van der Waals surface area contributed by atoms with Crippen molar-refractivity contribution >= 4 is 15.9 Å². The normalized spacial score (nSPS) is 30.0. The van der Waals surface area contributed by atoms with E-state index in [1.165, 1.54) is 10.4 Å². The fourth-order valence-electron chi connectivity index (χ4n) is 3.81. The zero-order chi connectivity index (χ0) is 19.6. The average Bonchev–Trinajstić information content (AvgIpc) is 2.61. The topological polar surface area (TPSA) is 87.7 Å². The van der Waals surface area contributed by atoms with Gasteiger partial charge in [-0.15, -0.1) is 0 Å². The van der Waals surface area contributed by atoms with E-state index in [0.29, 0.717) is 24.7 Å². The summed E-state index contributed by atoms with van der Waals surface area (Å²) in [5.74, 6) is -0.227. The van der Waals surface area contributed by atoms with Crippen molar-refractivity contribution in [3.8, 4) is 0 Å². The summed E-state index contributed by atoms with van der Waals surface area (Å²) in [7, 11) is -3.66. The Morgan fingerprint density at radius 1 is 1.22 bits per heavy atom. The second kappa shape index (κ2) is 8.26. The van der Waals surface area contributed by atoms with Crippen LogP contribution in [0.2, 0.25) is 0 Å². The van der Waals surface area contributed by atoms with Gasteiger partial charge in [0.1, 0.15) is 0 Å². The molecule has 2 aliphatic rings. The van der Waals surface area contributed by atoms with Gasteiger partial charge in [-0.05, 0) is 58.4 Å². The van der Waals surface area contributed by atoms with E-state index in [4.69, 9.17) is 4.74 Å². The molecule has 4 unspecified atom stereocenters. The first-order chi connectivity index (χ1) is 12.8. The summed E-state index contributed by atoms with van der Waals surface area (Å²) < 4.78 is 33.1. The molecule has 0 aliphatic carbocycles. The fraction of sp³-hybridized carbons (Fsp3) is 0.632. The van der Waals surface area contributed by atoms with Crippen LogP contribution in [-0.4, -0.2) is 62.6 Å². The van der Waals surface area contributed by atoms with Gasteiger partial charge in [-0.3, -0.25) is 4.79 Å². The van der Waals surface area contributed by atoms with Gasteiger partial charge in [0.25, 0.3) is 5.91 Å². The molecule has 1 aromatic rings. The first-order valence-corrected chi connectivity index (χ1v) is 11.0. The molecule has 0 radical (unpaired) electrons. The maximum Gasteiger partial charge on any atom is 0.251 e. The van der Waals surface area contributed by atoms with Crippen molar-refractivity contribution in [2.75, 3.05) is 19.6 Å². The molecule has 27 heavy (non-hydrogen) atoms. The molecule has 2 saturated heterocycles. The van der Waals surface area contributed by atoms with E-state index in [-0.39, 0.29) is 29.1 Å². The van der Waals surface area contributed by atoms with Crippen LogP contribution in [0.1, 0.15) is 44.0 Å². The Bertz CT molecular complexity index is 773. The van der Waals surface area contributed by atoms with Gasteiger partial charge in [0.2, 0.25) is 10.0 Å². The predicted octanol–water partition coefficient (Wildman–Crippen LogP) is 1.35. The summed E-state index contributed by atoms with van der Waals surface area (Å²) in [6.07, 6.45) is 1.43. The first kappa shape index (κ1) is 20.3. The highest BCUT2D eigenvalue weighted by Gasteiger charge is 2.32. The molecule has 0 bridgehead atoms. The number of ether oxygens (including phenoxy) is 1. The largest absolute Gasteiger partial charge is 0.373 e. The highest BCUT2D eigenvalue weighted by molar-refractivity contribution is 7.89. The monoisotopic (exact) mass is 395 g/mol. The van der Waals surface area contributed by atoms with Crippen molar-refractivity contribution in [2.24, 2.45) is 0 Å². The van der Waals surface area contributed by atoms with Crippen LogP contribution < -0.4 is 10.6 Å². The Morgan fingerprint density at radius 3 is 2.59 bits per heavy atom. The molecule has 2 aliphatic heterocycles. The van der Waals surface area contributed by atoms with Gasteiger partial charge in [0.05, 0.1) is 17.1 Å². The Balaban J connectivity index is 1.75. The fourth-order valence-corrected chi connectivity index (χ4v) is 5.44. The first-order valence-electron chi connectivity index (χ1n) is 9.55. The van der Waals surface area contributed by atoms with Crippen molar-refractivity contribution in [1.29, 1.82) is 0 Å². The highest BCUT2D eigenvalue weighted by atomic mass is 32.2. The van der Waals surface area contributed by atoms with Gasteiger partial charge in [0, 0.05) is 30.7 Å². The van der Waals surface area contributed by atoms with Crippen LogP contribution in [0, 0.1) is 0 Å². The number of hydrogen-bond acceptors (Lipinski definition) is 5. The van der Waals surface area contributed by atoms with Gasteiger partial charge in [-0.25, -0.2) is 8.42 Å². The molecule has 7 nitrogen and oxygen atoms in total. The van der Waals surface area contributed by atoms with E-state index < -0.39 is 10.0 Å². The van der Waals surface area contributed by atoms with Crippen LogP contribution in [0.15, 0.2) is 29.2 Å².